The van der Waals surface area contributed by atoms with E-state index in [4.69, 9.17) is 0 Å². The summed E-state index contributed by atoms with van der Waals surface area (Å²) in [6.07, 6.45) is 1.16. The molecule has 0 saturated heterocycles. The average molecular weight is 229 g/mol. The van der Waals surface area contributed by atoms with Crippen LogP contribution in [0.25, 0.3) is 0 Å². The Morgan fingerprint density at radius 3 is 2.29 bits per heavy atom. The molecule has 0 amide bonds. The van der Waals surface area contributed by atoms with Crippen molar-refractivity contribution >= 4 is 10.5 Å². The molecule has 1 rings (SSSR count). The highest BCUT2D eigenvalue weighted by atomic mass is 35.5. The average Bonchev–Trinajstić information content (AvgIpc) is 2.28. The molecule has 0 aliphatic carbocycles. The van der Waals surface area contributed by atoms with Crippen LogP contribution in [0.4, 0.5) is 0 Å². The second-order valence-corrected chi connectivity index (χ2v) is 5.03. The van der Waals surface area contributed by atoms with Crippen LogP contribution in [0.1, 0.15) is 18.7 Å². The monoisotopic (exact) mass is 228 g/mol. The van der Waals surface area contributed by atoms with Gasteiger partial charge in [-0.05, 0) is 29.5 Å². The van der Waals surface area contributed by atoms with Gasteiger partial charge in [0.2, 0.25) is 0 Å². The first kappa shape index (κ1) is 13.5. The van der Waals surface area contributed by atoms with Crippen molar-refractivity contribution in [1.82, 2.24) is 0 Å². The molecule has 1 unspecified atom stereocenters. The summed E-state index contributed by atoms with van der Waals surface area (Å²) in [6, 6.07) is 12.8. The molecule has 0 fully saturated rings. The fourth-order valence-corrected chi connectivity index (χ4v) is 2.90. The molecule has 0 bridgehead atoms. The first-order chi connectivity index (χ1) is 6.38. The maximum absolute atomic E-state index is 2.32. The Hall–Kier alpha value is -0.530. The van der Waals surface area contributed by atoms with Crippen molar-refractivity contribution in [2.24, 2.45) is 0 Å². The Morgan fingerprint density at radius 1 is 1.00 bits per heavy atom. The van der Waals surface area contributed by atoms with Gasteiger partial charge in [0.1, 0.15) is 16.0 Å². The number of hydrogen-bond donors (Lipinski definition) is 0. The molecule has 0 radical (unpaired) electrons. The summed E-state index contributed by atoms with van der Waals surface area (Å²) in [6.45, 7) is 4.48. The van der Waals surface area contributed by atoms with Gasteiger partial charge in [0.25, 0.3) is 0 Å². The second-order valence-electron chi connectivity index (χ2n) is 2.80. The summed E-state index contributed by atoms with van der Waals surface area (Å²) in [5, 5.41) is 2.32. The van der Waals surface area contributed by atoms with E-state index >= 15 is 0 Å². The van der Waals surface area contributed by atoms with Crippen molar-refractivity contribution < 1.29 is 12.4 Å². The van der Waals surface area contributed by atoms with E-state index in [1.54, 1.807) is 4.88 Å². The molecule has 2 heteroatoms. The quantitative estimate of drug-likeness (QED) is 0.667. The molecule has 0 saturated carbocycles. The minimum absolute atomic E-state index is 0. The fourth-order valence-electron chi connectivity index (χ4n) is 1.26. The molecule has 1 atom stereocenters. The SMILES string of the molecule is CCc1ccccccc[s+]1CC.[Cl-]. The maximum Gasteiger partial charge on any atom is 0.149 e. The van der Waals surface area contributed by atoms with Gasteiger partial charge in [-0.15, -0.1) is 0 Å². The highest BCUT2D eigenvalue weighted by Crippen LogP contribution is 2.21. The molecule has 1 heterocycles. The van der Waals surface area contributed by atoms with Crippen LogP contribution in [0.15, 0.2) is 41.8 Å². The molecule has 1 aromatic rings. The lowest BCUT2D eigenvalue weighted by atomic mass is 10.4. The van der Waals surface area contributed by atoms with Gasteiger partial charge in [-0.2, -0.15) is 0 Å². The Kier molecular flexibility index (Phi) is 7.54. The van der Waals surface area contributed by atoms with Crippen LogP contribution in [0, 0.1) is 0 Å². The lowest BCUT2D eigenvalue weighted by Crippen LogP contribution is -3.00. The molecule has 0 N–H and O–H groups in total. The molecule has 78 valence electrons. The van der Waals surface area contributed by atoms with Crippen LogP contribution in [-0.4, -0.2) is 0 Å². The Balaban J connectivity index is 0.00000169. The molecular weight excluding hydrogens is 212 g/mol. The Labute approximate surface area is 95.7 Å². The topological polar surface area (TPSA) is 0 Å². The van der Waals surface area contributed by atoms with Crippen molar-refractivity contribution in [1.29, 1.82) is 0 Å². The van der Waals surface area contributed by atoms with Crippen LogP contribution in [-0.2, 0) is 12.2 Å². The normalized spacial score (nSPS) is 10.0. The highest BCUT2D eigenvalue weighted by Gasteiger charge is 2.02. The second kappa shape index (κ2) is 7.84. The van der Waals surface area contributed by atoms with E-state index in [0.717, 1.165) is 6.42 Å². The zero-order chi connectivity index (χ0) is 9.52. The molecule has 1 aromatic heterocycles. The van der Waals surface area contributed by atoms with Gasteiger partial charge >= 0.3 is 0 Å². The Morgan fingerprint density at radius 2 is 1.64 bits per heavy atom. The zero-order valence-corrected chi connectivity index (χ0v) is 10.3. The summed E-state index contributed by atoms with van der Waals surface area (Å²) < 4.78 is 0. The van der Waals surface area contributed by atoms with Crippen molar-refractivity contribution in [3.8, 4) is 0 Å². The van der Waals surface area contributed by atoms with Crippen molar-refractivity contribution in [3.63, 3.8) is 0 Å². The van der Waals surface area contributed by atoms with Crippen molar-refractivity contribution in [3.05, 3.63) is 46.7 Å². The van der Waals surface area contributed by atoms with E-state index in [1.165, 1.54) is 5.75 Å². The van der Waals surface area contributed by atoms with Gasteiger partial charge in [0, 0.05) is 6.42 Å². The first-order valence-electron chi connectivity index (χ1n) is 4.78. The fraction of sp³-hybridized carbons (Fsp3) is 0.333. The summed E-state index contributed by atoms with van der Waals surface area (Å²) in [7, 11) is 0.349. The summed E-state index contributed by atoms with van der Waals surface area (Å²) in [5.74, 6) is 1.22. The molecule has 0 nitrogen and oxygen atoms in total. The third-order valence-electron chi connectivity index (χ3n) is 1.97. The van der Waals surface area contributed by atoms with E-state index in [9.17, 15) is 0 Å². The minimum atomic E-state index is 0. The number of rotatable bonds is 2. The summed E-state index contributed by atoms with van der Waals surface area (Å²) >= 11 is 0. The van der Waals surface area contributed by atoms with E-state index in [0.29, 0.717) is 10.5 Å². The van der Waals surface area contributed by atoms with Gasteiger partial charge in [0.15, 0.2) is 0 Å². The van der Waals surface area contributed by atoms with Gasteiger partial charge < -0.3 is 12.4 Å². The molecule has 0 aliphatic heterocycles. The predicted octanol–water partition coefficient (Wildman–Crippen LogP) is 1.15. The van der Waals surface area contributed by atoms with E-state index in [2.05, 4.69) is 55.6 Å². The Bertz CT molecular complexity index is 274. The van der Waals surface area contributed by atoms with Crippen LogP contribution in [0.5, 0.6) is 0 Å². The summed E-state index contributed by atoms with van der Waals surface area (Å²) in [5.41, 5.74) is 0. The highest BCUT2D eigenvalue weighted by molar-refractivity contribution is 7.28. The van der Waals surface area contributed by atoms with Crippen LogP contribution in [0.3, 0.4) is 0 Å². The van der Waals surface area contributed by atoms with Gasteiger partial charge in [-0.3, -0.25) is 0 Å². The molecular formula is C12H17ClS. The van der Waals surface area contributed by atoms with Crippen molar-refractivity contribution in [2.75, 3.05) is 0 Å². The van der Waals surface area contributed by atoms with Gasteiger partial charge in [0.05, 0.1) is 0 Å². The standard InChI is InChI=1S/C12H17S.ClH/c1-3-12-10-8-6-5-7-9-11-13(12)4-2;/h5-11H,3-4H2,1-2H3;1H/q+1;/p-1. The lowest BCUT2D eigenvalue weighted by Gasteiger charge is -1.89. The van der Waals surface area contributed by atoms with Crippen LogP contribution in [0.2, 0.25) is 0 Å². The van der Waals surface area contributed by atoms with Gasteiger partial charge in [-0.1, -0.05) is 31.2 Å². The van der Waals surface area contributed by atoms with Crippen molar-refractivity contribution in [2.45, 2.75) is 26.0 Å². The molecule has 0 aliphatic rings. The van der Waals surface area contributed by atoms with Crippen LogP contribution < -0.4 is 12.4 Å². The molecule has 14 heavy (non-hydrogen) atoms. The number of aryl methyl sites for hydroxylation is 2. The lowest BCUT2D eigenvalue weighted by molar-refractivity contribution is -0.00000274. The van der Waals surface area contributed by atoms with E-state index < -0.39 is 0 Å². The number of halogens is 1. The predicted molar refractivity (Wildman–Crippen MR) is 61.6 cm³/mol. The molecule has 0 aromatic carbocycles. The minimum Gasteiger partial charge on any atom is -1.00 e. The van der Waals surface area contributed by atoms with E-state index in [-0.39, 0.29) is 12.4 Å². The van der Waals surface area contributed by atoms with Crippen LogP contribution >= 0.6 is 10.5 Å². The third kappa shape index (κ3) is 4.12. The zero-order valence-electron chi connectivity index (χ0n) is 8.74. The largest absolute Gasteiger partial charge is 1.00 e. The van der Waals surface area contributed by atoms with E-state index in [1.807, 2.05) is 0 Å². The van der Waals surface area contributed by atoms with Gasteiger partial charge in [-0.25, -0.2) is 0 Å². The summed E-state index contributed by atoms with van der Waals surface area (Å²) in [4.78, 5) is 1.55. The molecule has 0 spiro atoms. The first-order valence-corrected chi connectivity index (χ1v) is 6.24. The number of hydrogen-bond acceptors (Lipinski definition) is 0. The smallest absolute Gasteiger partial charge is 0.149 e. The third-order valence-corrected chi connectivity index (χ3v) is 4.17. The maximum atomic E-state index is 2.32.